The van der Waals surface area contributed by atoms with Gasteiger partial charge in [0.1, 0.15) is 0 Å². The topological polar surface area (TPSA) is 34.2 Å². The second kappa shape index (κ2) is 7.18. The third kappa shape index (κ3) is 3.79. The Balaban J connectivity index is 2.26. The van der Waals surface area contributed by atoms with E-state index in [-0.39, 0.29) is 17.6 Å². The summed E-state index contributed by atoms with van der Waals surface area (Å²) >= 11 is 0. The normalized spacial score (nSPS) is 12.2. The third-order valence-electron chi connectivity index (χ3n) is 3.33. The van der Waals surface area contributed by atoms with E-state index in [0.29, 0.717) is 11.4 Å². The monoisotopic (exact) mass is 288 g/mol. The van der Waals surface area contributed by atoms with Gasteiger partial charge in [-0.3, -0.25) is 0 Å². The Hall–Kier alpha value is -1.94. The fourth-order valence-electron chi connectivity index (χ4n) is 2.09. The first-order valence-electron chi connectivity index (χ1n) is 7.24. The number of benzene rings is 1. The van der Waals surface area contributed by atoms with E-state index in [4.69, 9.17) is 4.74 Å². The molecule has 1 unspecified atom stereocenters. The molecule has 0 amide bonds. The summed E-state index contributed by atoms with van der Waals surface area (Å²) in [6.45, 7) is 6.79. The predicted octanol–water partition coefficient (Wildman–Crippen LogP) is 4.38. The number of nitrogens with one attached hydrogen (secondary N) is 1. The minimum absolute atomic E-state index is 0.0986. The summed E-state index contributed by atoms with van der Waals surface area (Å²) in [5.41, 5.74) is 1.48. The van der Waals surface area contributed by atoms with E-state index in [1.54, 1.807) is 31.3 Å². The van der Waals surface area contributed by atoms with Crippen molar-refractivity contribution >= 4 is 0 Å². The van der Waals surface area contributed by atoms with Crippen molar-refractivity contribution in [3.63, 3.8) is 0 Å². The fraction of sp³-hybridized carbons (Fsp3) is 0.353. The van der Waals surface area contributed by atoms with E-state index in [1.165, 1.54) is 0 Å². The molecular weight excluding hydrogens is 267 g/mol. The van der Waals surface area contributed by atoms with E-state index in [2.05, 4.69) is 17.2 Å². The number of halogens is 1. The van der Waals surface area contributed by atoms with Crippen LogP contribution in [0.15, 0.2) is 36.5 Å². The smallest absolute Gasteiger partial charge is 0.224 e. The van der Waals surface area contributed by atoms with E-state index in [1.807, 2.05) is 19.1 Å². The van der Waals surface area contributed by atoms with Gasteiger partial charge in [0.05, 0.1) is 0 Å². The van der Waals surface area contributed by atoms with E-state index < -0.39 is 0 Å². The first-order chi connectivity index (χ1) is 10.1. The molecule has 112 valence electrons. The lowest BCUT2D eigenvalue weighted by molar-refractivity contribution is 0.412. The van der Waals surface area contributed by atoms with Gasteiger partial charge in [-0.05, 0) is 44.5 Å². The lowest BCUT2D eigenvalue weighted by Crippen LogP contribution is -2.20. The number of hydrogen-bond donors (Lipinski definition) is 1. The molecule has 1 atom stereocenters. The minimum atomic E-state index is -0.344. The highest BCUT2D eigenvalue weighted by Gasteiger charge is 2.15. The first-order valence-corrected chi connectivity index (χ1v) is 7.24. The molecule has 0 spiro atoms. The van der Waals surface area contributed by atoms with Crippen LogP contribution >= 0.6 is 0 Å². The number of hydrogen-bond acceptors (Lipinski definition) is 3. The molecule has 0 radical (unpaired) electrons. The summed E-state index contributed by atoms with van der Waals surface area (Å²) < 4.78 is 19.8. The minimum Gasteiger partial charge on any atom is -0.436 e. The van der Waals surface area contributed by atoms with Gasteiger partial charge in [0.2, 0.25) is 5.88 Å². The van der Waals surface area contributed by atoms with Crippen LogP contribution in [0.4, 0.5) is 4.39 Å². The van der Waals surface area contributed by atoms with Crippen molar-refractivity contribution < 1.29 is 9.13 Å². The van der Waals surface area contributed by atoms with Crippen LogP contribution in [0.1, 0.15) is 37.4 Å². The highest BCUT2D eigenvalue weighted by Crippen LogP contribution is 2.29. The van der Waals surface area contributed by atoms with Gasteiger partial charge in [0.25, 0.3) is 0 Å². The van der Waals surface area contributed by atoms with Crippen LogP contribution in [0, 0.1) is 12.7 Å². The fourth-order valence-corrected chi connectivity index (χ4v) is 2.09. The van der Waals surface area contributed by atoms with Crippen molar-refractivity contribution in [2.45, 2.75) is 33.2 Å². The first kappa shape index (κ1) is 15.4. The molecular formula is C17H21FN2O. The van der Waals surface area contributed by atoms with Gasteiger partial charge < -0.3 is 10.1 Å². The standard InChI is InChI=1S/C17H21FN2O/c1-4-10-19-13(3)14-8-6-11-20-17(14)21-15-9-5-7-12(2)16(15)18/h5-9,11,13,19H,4,10H2,1-3H3. The Morgan fingerprint density at radius 3 is 2.86 bits per heavy atom. The van der Waals surface area contributed by atoms with Crippen molar-refractivity contribution in [3.05, 3.63) is 53.5 Å². The molecule has 1 aromatic carbocycles. The van der Waals surface area contributed by atoms with Crippen molar-refractivity contribution in [1.29, 1.82) is 0 Å². The van der Waals surface area contributed by atoms with Crippen LogP contribution in [0.2, 0.25) is 0 Å². The molecule has 0 saturated carbocycles. The number of rotatable bonds is 6. The number of nitrogens with zero attached hydrogens (tertiary/aromatic N) is 1. The Morgan fingerprint density at radius 1 is 1.29 bits per heavy atom. The maximum Gasteiger partial charge on any atom is 0.224 e. The van der Waals surface area contributed by atoms with Gasteiger partial charge >= 0.3 is 0 Å². The van der Waals surface area contributed by atoms with Crippen molar-refractivity contribution in [1.82, 2.24) is 10.3 Å². The highest BCUT2D eigenvalue weighted by molar-refractivity contribution is 5.36. The Kier molecular flexibility index (Phi) is 5.28. The average Bonchev–Trinajstić information content (AvgIpc) is 2.50. The van der Waals surface area contributed by atoms with Crippen LogP contribution in [0.5, 0.6) is 11.6 Å². The molecule has 0 aliphatic carbocycles. The SMILES string of the molecule is CCCNC(C)c1cccnc1Oc1cccc(C)c1F. The maximum atomic E-state index is 14.1. The zero-order valence-corrected chi connectivity index (χ0v) is 12.7. The van der Waals surface area contributed by atoms with Gasteiger partial charge in [-0.1, -0.05) is 25.1 Å². The van der Waals surface area contributed by atoms with Gasteiger partial charge in [-0.2, -0.15) is 0 Å². The summed E-state index contributed by atoms with van der Waals surface area (Å²) in [5, 5.41) is 3.39. The number of ether oxygens (including phenoxy) is 1. The molecule has 0 saturated heterocycles. The molecule has 4 heteroatoms. The van der Waals surface area contributed by atoms with Crippen molar-refractivity contribution in [2.24, 2.45) is 0 Å². The molecule has 0 aliphatic heterocycles. The number of aromatic nitrogens is 1. The van der Waals surface area contributed by atoms with Crippen LogP contribution in [-0.4, -0.2) is 11.5 Å². The van der Waals surface area contributed by atoms with Gasteiger partial charge in [-0.15, -0.1) is 0 Å². The summed E-state index contributed by atoms with van der Waals surface area (Å²) in [5.74, 6) is 0.305. The summed E-state index contributed by atoms with van der Waals surface area (Å²) in [6, 6.07) is 9.01. The average molecular weight is 288 g/mol. The number of pyridine rings is 1. The Morgan fingerprint density at radius 2 is 2.10 bits per heavy atom. The summed E-state index contributed by atoms with van der Waals surface area (Å²) in [7, 11) is 0. The van der Waals surface area contributed by atoms with Crippen LogP contribution in [-0.2, 0) is 0 Å². The molecule has 2 rings (SSSR count). The molecule has 0 aliphatic rings. The summed E-state index contributed by atoms with van der Waals surface area (Å²) in [6.07, 6.45) is 2.70. The highest BCUT2D eigenvalue weighted by atomic mass is 19.1. The molecule has 1 N–H and O–H groups in total. The third-order valence-corrected chi connectivity index (χ3v) is 3.33. The quantitative estimate of drug-likeness (QED) is 0.856. The van der Waals surface area contributed by atoms with Crippen LogP contribution < -0.4 is 10.1 Å². The van der Waals surface area contributed by atoms with Crippen LogP contribution in [0.25, 0.3) is 0 Å². The lowest BCUT2D eigenvalue weighted by Gasteiger charge is -2.17. The zero-order valence-electron chi connectivity index (χ0n) is 12.7. The zero-order chi connectivity index (χ0) is 15.2. The van der Waals surface area contributed by atoms with Gasteiger partial charge in [0.15, 0.2) is 11.6 Å². The summed E-state index contributed by atoms with van der Waals surface area (Å²) in [4.78, 5) is 4.25. The van der Waals surface area contributed by atoms with E-state index in [0.717, 1.165) is 18.5 Å². The molecule has 2 aromatic rings. The molecule has 21 heavy (non-hydrogen) atoms. The van der Waals surface area contributed by atoms with Crippen LogP contribution in [0.3, 0.4) is 0 Å². The molecule has 1 aromatic heterocycles. The molecule has 0 bridgehead atoms. The van der Waals surface area contributed by atoms with Crippen molar-refractivity contribution in [2.75, 3.05) is 6.54 Å². The van der Waals surface area contributed by atoms with Gasteiger partial charge in [0, 0.05) is 17.8 Å². The van der Waals surface area contributed by atoms with Crippen molar-refractivity contribution in [3.8, 4) is 11.6 Å². The lowest BCUT2D eigenvalue weighted by atomic mass is 10.1. The van der Waals surface area contributed by atoms with Gasteiger partial charge in [-0.25, -0.2) is 9.37 Å². The van der Waals surface area contributed by atoms with E-state index >= 15 is 0 Å². The second-order valence-electron chi connectivity index (χ2n) is 5.06. The largest absolute Gasteiger partial charge is 0.436 e. The molecule has 1 heterocycles. The second-order valence-corrected chi connectivity index (χ2v) is 5.06. The Labute approximate surface area is 125 Å². The van der Waals surface area contributed by atoms with E-state index in [9.17, 15) is 4.39 Å². The number of aryl methyl sites for hydroxylation is 1. The molecule has 3 nitrogen and oxygen atoms in total. The predicted molar refractivity (Wildman–Crippen MR) is 82.2 cm³/mol. The Bertz CT molecular complexity index is 601. The maximum absolute atomic E-state index is 14.1. The molecule has 0 fully saturated rings.